The molecule has 0 atom stereocenters. The monoisotopic (exact) mass is 218 g/mol. The van der Waals surface area contributed by atoms with E-state index in [9.17, 15) is 0 Å². The van der Waals surface area contributed by atoms with Crippen molar-refractivity contribution < 1.29 is 0 Å². The van der Waals surface area contributed by atoms with Crippen molar-refractivity contribution in [2.24, 2.45) is 0 Å². The van der Waals surface area contributed by atoms with Crippen molar-refractivity contribution in [2.75, 3.05) is 0 Å². The molecule has 2 aromatic carbocycles. The molecule has 17 heavy (non-hydrogen) atoms. The highest BCUT2D eigenvalue weighted by molar-refractivity contribution is 5.99. The first-order valence-electron chi connectivity index (χ1n) is 5.73. The molecule has 0 saturated heterocycles. The molecule has 2 heteroatoms. The van der Waals surface area contributed by atoms with Gasteiger partial charge in [0.2, 0.25) is 0 Å². The van der Waals surface area contributed by atoms with Crippen molar-refractivity contribution in [3.05, 3.63) is 60.0 Å². The lowest BCUT2D eigenvalue weighted by Crippen LogP contribution is -1.86. The van der Waals surface area contributed by atoms with E-state index in [1.165, 1.54) is 27.5 Å². The molecule has 80 valence electrons. The van der Waals surface area contributed by atoms with Gasteiger partial charge in [0, 0.05) is 23.7 Å². The molecule has 0 bridgehead atoms. The Kier molecular flexibility index (Phi) is 1.64. The third-order valence-corrected chi connectivity index (χ3v) is 3.42. The van der Waals surface area contributed by atoms with E-state index >= 15 is 0 Å². The topological polar surface area (TPSA) is 25.8 Å². The van der Waals surface area contributed by atoms with Crippen LogP contribution >= 0.6 is 0 Å². The number of benzene rings is 2. The van der Waals surface area contributed by atoms with Gasteiger partial charge in [-0.2, -0.15) is 0 Å². The van der Waals surface area contributed by atoms with Crippen molar-refractivity contribution in [3.63, 3.8) is 0 Å². The molecule has 0 radical (unpaired) electrons. The first kappa shape index (κ1) is 8.88. The van der Waals surface area contributed by atoms with Gasteiger partial charge in [-0.15, -0.1) is 0 Å². The maximum atomic E-state index is 4.44. The highest BCUT2D eigenvalue weighted by Crippen LogP contribution is 2.39. The summed E-state index contributed by atoms with van der Waals surface area (Å²) in [4.78, 5) is 8.55. The third kappa shape index (κ3) is 1.15. The molecular weight excluding hydrogens is 208 g/mol. The Morgan fingerprint density at radius 2 is 1.88 bits per heavy atom. The minimum atomic E-state index is 0.955. The van der Waals surface area contributed by atoms with Gasteiger partial charge in [0.05, 0.1) is 5.69 Å². The van der Waals surface area contributed by atoms with E-state index in [0.717, 1.165) is 12.1 Å². The van der Waals surface area contributed by atoms with Crippen LogP contribution in [0.5, 0.6) is 0 Å². The fourth-order valence-electron chi connectivity index (χ4n) is 2.66. The average Bonchev–Trinajstić information content (AvgIpc) is 2.77. The molecule has 0 amide bonds. The van der Waals surface area contributed by atoms with Crippen LogP contribution in [0.4, 0.5) is 0 Å². The predicted octanol–water partition coefficient (Wildman–Crippen LogP) is 3.20. The van der Waals surface area contributed by atoms with Crippen molar-refractivity contribution in [2.45, 2.75) is 6.42 Å². The second-order valence-electron chi connectivity index (χ2n) is 4.39. The van der Waals surface area contributed by atoms with Crippen LogP contribution in [-0.4, -0.2) is 9.97 Å². The Labute approximate surface area is 99.0 Å². The molecular formula is C15H10N2. The summed E-state index contributed by atoms with van der Waals surface area (Å²) in [7, 11) is 0. The summed E-state index contributed by atoms with van der Waals surface area (Å²) in [6, 6.07) is 12.9. The van der Waals surface area contributed by atoms with Gasteiger partial charge >= 0.3 is 0 Å². The average molecular weight is 218 g/mol. The van der Waals surface area contributed by atoms with Gasteiger partial charge in [-0.05, 0) is 16.3 Å². The number of hydrogen-bond acceptors (Lipinski definition) is 2. The summed E-state index contributed by atoms with van der Waals surface area (Å²) in [5.74, 6) is 0. The lowest BCUT2D eigenvalue weighted by Gasteiger charge is -2.05. The van der Waals surface area contributed by atoms with Crippen molar-refractivity contribution in [1.29, 1.82) is 0 Å². The zero-order valence-corrected chi connectivity index (χ0v) is 9.22. The first-order chi connectivity index (χ1) is 8.43. The molecule has 4 rings (SSSR count). The Morgan fingerprint density at radius 1 is 0.941 bits per heavy atom. The molecule has 0 saturated carbocycles. The maximum Gasteiger partial charge on any atom is 0.116 e. The summed E-state index contributed by atoms with van der Waals surface area (Å²) in [5.41, 5.74) is 4.99. The summed E-state index contributed by atoms with van der Waals surface area (Å²) in [6.07, 6.45) is 4.52. The van der Waals surface area contributed by atoms with Crippen LogP contribution in [-0.2, 0) is 6.42 Å². The lowest BCUT2D eigenvalue weighted by molar-refractivity contribution is 1.12. The molecule has 0 unspecified atom stereocenters. The van der Waals surface area contributed by atoms with Crippen molar-refractivity contribution >= 4 is 10.8 Å². The predicted molar refractivity (Wildman–Crippen MR) is 67.8 cm³/mol. The summed E-state index contributed by atoms with van der Waals surface area (Å²) >= 11 is 0. The quantitative estimate of drug-likeness (QED) is 0.453. The van der Waals surface area contributed by atoms with Crippen LogP contribution in [0.2, 0.25) is 0 Å². The number of fused-ring (bicyclic) bond motifs is 5. The second kappa shape index (κ2) is 3.14. The standard InChI is InChI=1S/C15H10N2/c1-2-4-13-10(3-1)5-6-11-7-12-8-16-9-17-15(12)14(11)13/h1-6,8-9H,7H2. The van der Waals surface area contributed by atoms with Gasteiger partial charge in [-0.25, -0.2) is 9.97 Å². The highest BCUT2D eigenvalue weighted by atomic mass is 14.8. The zero-order chi connectivity index (χ0) is 11.2. The zero-order valence-electron chi connectivity index (χ0n) is 9.22. The van der Waals surface area contributed by atoms with E-state index in [1.54, 1.807) is 6.33 Å². The molecule has 0 spiro atoms. The number of aromatic nitrogens is 2. The second-order valence-corrected chi connectivity index (χ2v) is 4.39. The van der Waals surface area contributed by atoms with Crippen LogP contribution < -0.4 is 0 Å². The van der Waals surface area contributed by atoms with E-state index in [4.69, 9.17) is 0 Å². The number of hydrogen-bond donors (Lipinski definition) is 0. The fourth-order valence-corrected chi connectivity index (χ4v) is 2.66. The number of nitrogens with zero attached hydrogens (tertiary/aromatic N) is 2. The molecule has 1 aliphatic carbocycles. The van der Waals surface area contributed by atoms with Gasteiger partial charge in [0.25, 0.3) is 0 Å². The molecule has 0 N–H and O–H groups in total. The maximum absolute atomic E-state index is 4.44. The SMILES string of the molecule is c1ccc2c3c(ccc2c1)Cc1cncnc1-3. The Bertz CT molecular complexity index is 732. The van der Waals surface area contributed by atoms with E-state index in [-0.39, 0.29) is 0 Å². The molecule has 1 aliphatic rings. The van der Waals surface area contributed by atoms with E-state index in [0.29, 0.717) is 0 Å². The molecule has 1 aromatic heterocycles. The fraction of sp³-hybridized carbons (Fsp3) is 0.0667. The van der Waals surface area contributed by atoms with Crippen LogP contribution in [0.15, 0.2) is 48.9 Å². The molecule has 0 fully saturated rings. The van der Waals surface area contributed by atoms with Crippen LogP contribution in [0.1, 0.15) is 11.1 Å². The Balaban J connectivity index is 2.17. The smallest absolute Gasteiger partial charge is 0.116 e. The van der Waals surface area contributed by atoms with Crippen molar-refractivity contribution in [3.8, 4) is 11.3 Å². The Morgan fingerprint density at radius 3 is 2.88 bits per heavy atom. The van der Waals surface area contributed by atoms with Crippen LogP contribution in [0.3, 0.4) is 0 Å². The summed E-state index contributed by atoms with van der Waals surface area (Å²) in [6.45, 7) is 0. The first-order valence-corrected chi connectivity index (χ1v) is 5.73. The molecule has 3 aromatic rings. The molecule has 1 heterocycles. The summed E-state index contributed by atoms with van der Waals surface area (Å²) in [5, 5.41) is 2.57. The van der Waals surface area contributed by atoms with Crippen LogP contribution in [0.25, 0.3) is 22.0 Å². The lowest BCUT2D eigenvalue weighted by atomic mass is 10.0. The summed E-state index contributed by atoms with van der Waals surface area (Å²) < 4.78 is 0. The van der Waals surface area contributed by atoms with E-state index in [1.807, 2.05) is 6.20 Å². The van der Waals surface area contributed by atoms with Gasteiger partial charge in [-0.3, -0.25) is 0 Å². The highest BCUT2D eigenvalue weighted by Gasteiger charge is 2.21. The number of rotatable bonds is 0. The molecule has 2 nitrogen and oxygen atoms in total. The Hall–Kier alpha value is -2.22. The van der Waals surface area contributed by atoms with Crippen molar-refractivity contribution in [1.82, 2.24) is 9.97 Å². The van der Waals surface area contributed by atoms with Gasteiger partial charge in [0.15, 0.2) is 0 Å². The van der Waals surface area contributed by atoms with Gasteiger partial charge in [-0.1, -0.05) is 36.4 Å². The minimum Gasteiger partial charge on any atom is -0.244 e. The van der Waals surface area contributed by atoms with E-state index < -0.39 is 0 Å². The van der Waals surface area contributed by atoms with Gasteiger partial charge < -0.3 is 0 Å². The minimum absolute atomic E-state index is 0.955. The third-order valence-electron chi connectivity index (χ3n) is 3.42. The van der Waals surface area contributed by atoms with Gasteiger partial charge in [0.1, 0.15) is 6.33 Å². The normalized spacial score (nSPS) is 12.5. The van der Waals surface area contributed by atoms with Crippen LogP contribution in [0, 0.1) is 0 Å². The largest absolute Gasteiger partial charge is 0.244 e. The van der Waals surface area contributed by atoms with E-state index in [2.05, 4.69) is 46.4 Å². The molecule has 0 aliphatic heterocycles.